The van der Waals surface area contributed by atoms with E-state index in [1.807, 2.05) is 6.07 Å². The van der Waals surface area contributed by atoms with Gasteiger partial charge in [-0.05, 0) is 60.4 Å². The molecule has 0 aromatic heterocycles. The summed E-state index contributed by atoms with van der Waals surface area (Å²) in [5.74, 6) is 0.507. The van der Waals surface area contributed by atoms with E-state index in [-0.39, 0.29) is 16.7 Å². The van der Waals surface area contributed by atoms with Crippen LogP contribution in [0.1, 0.15) is 19.8 Å². The SMILES string of the molecule is CC(Nc1ccc(I)cc1[N+](=O)[O-])C1CCOCC1. The summed E-state index contributed by atoms with van der Waals surface area (Å²) in [5.41, 5.74) is 0.746. The van der Waals surface area contributed by atoms with E-state index in [9.17, 15) is 10.1 Å². The third kappa shape index (κ3) is 3.79. The van der Waals surface area contributed by atoms with E-state index in [0.29, 0.717) is 11.6 Å². The van der Waals surface area contributed by atoms with Gasteiger partial charge in [0.2, 0.25) is 0 Å². The van der Waals surface area contributed by atoms with E-state index in [1.54, 1.807) is 12.1 Å². The van der Waals surface area contributed by atoms with Gasteiger partial charge in [-0.25, -0.2) is 0 Å². The van der Waals surface area contributed by atoms with Crippen molar-refractivity contribution in [3.05, 3.63) is 31.9 Å². The number of hydrogen-bond acceptors (Lipinski definition) is 4. The molecule has 0 saturated carbocycles. The molecular weight excluding hydrogens is 359 g/mol. The van der Waals surface area contributed by atoms with Crippen LogP contribution in [-0.2, 0) is 4.74 Å². The number of nitro groups is 1. The normalized spacial score (nSPS) is 18.0. The second-order valence-electron chi connectivity index (χ2n) is 4.80. The molecule has 0 spiro atoms. The Bertz CT molecular complexity index is 461. The second kappa shape index (κ2) is 6.51. The van der Waals surface area contributed by atoms with Crippen LogP contribution in [0.15, 0.2) is 18.2 Å². The van der Waals surface area contributed by atoms with Crippen LogP contribution in [0, 0.1) is 19.6 Å². The third-order valence-corrected chi connectivity index (χ3v) is 4.18. The summed E-state index contributed by atoms with van der Waals surface area (Å²) in [5, 5.41) is 14.4. The average molecular weight is 376 g/mol. The zero-order valence-electron chi connectivity index (χ0n) is 10.8. The summed E-state index contributed by atoms with van der Waals surface area (Å²) < 4.78 is 6.21. The smallest absolute Gasteiger partial charge is 0.293 e. The minimum Gasteiger partial charge on any atom is -0.381 e. The summed E-state index contributed by atoms with van der Waals surface area (Å²) in [6.07, 6.45) is 2.01. The molecule has 1 aliphatic rings. The summed E-state index contributed by atoms with van der Waals surface area (Å²) in [7, 11) is 0. The standard InChI is InChI=1S/C13H17IN2O3/c1-9(10-4-6-19-7-5-10)15-12-3-2-11(14)8-13(12)16(17)18/h2-3,8-10,15H,4-7H2,1H3. The lowest BCUT2D eigenvalue weighted by Gasteiger charge is -2.28. The number of nitrogens with zero attached hydrogens (tertiary/aromatic N) is 1. The molecule has 1 N–H and O–H groups in total. The first kappa shape index (κ1) is 14.5. The first-order valence-corrected chi connectivity index (χ1v) is 7.44. The number of rotatable bonds is 4. The Labute approximate surface area is 126 Å². The first-order chi connectivity index (χ1) is 9.08. The Balaban J connectivity index is 2.11. The fourth-order valence-electron chi connectivity index (χ4n) is 2.36. The van der Waals surface area contributed by atoms with Gasteiger partial charge in [0.05, 0.1) is 4.92 Å². The van der Waals surface area contributed by atoms with Crippen molar-refractivity contribution in [1.29, 1.82) is 0 Å². The van der Waals surface area contributed by atoms with Crippen molar-refractivity contribution in [2.45, 2.75) is 25.8 Å². The van der Waals surface area contributed by atoms with Gasteiger partial charge in [0.15, 0.2) is 0 Å². The van der Waals surface area contributed by atoms with Gasteiger partial charge in [-0.2, -0.15) is 0 Å². The molecule has 0 amide bonds. The monoisotopic (exact) mass is 376 g/mol. The summed E-state index contributed by atoms with van der Waals surface area (Å²) in [6.45, 7) is 3.65. The summed E-state index contributed by atoms with van der Waals surface area (Å²) >= 11 is 2.08. The highest BCUT2D eigenvalue weighted by Crippen LogP contribution is 2.29. The van der Waals surface area contributed by atoms with Crippen LogP contribution in [0.5, 0.6) is 0 Å². The molecule has 6 heteroatoms. The maximum atomic E-state index is 11.1. The lowest BCUT2D eigenvalue weighted by atomic mass is 9.93. The molecule has 1 aromatic rings. The molecule has 104 valence electrons. The highest BCUT2D eigenvalue weighted by Gasteiger charge is 2.23. The molecule has 1 saturated heterocycles. The van der Waals surface area contributed by atoms with Crippen LogP contribution in [0.25, 0.3) is 0 Å². The van der Waals surface area contributed by atoms with Crippen LogP contribution in [-0.4, -0.2) is 24.2 Å². The van der Waals surface area contributed by atoms with Crippen LogP contribution in [0.3, 0.4) is 0 Å². The van der Waals surface area contributed by atoms with Crippen molar-refractivity contribution >= 4 is 34.0 Å². The van der Waals surface area contributed by atoms with Crippen LogP contribution < -0.4 is 5.32 Å². The van der Waals surface area contributed by atoms with Crippen molar-refractivity contribution < 1.29 is 9.66 Å². The molecule has 1 atom stereocenters. The molecule has 5 nitrogen and oxygen atoms in total. The van der Waals surface area contributed by atoms with E-state index in [0.717, 1.165) is 29.6 Å². The number of halogens is 1. The minimum atomic E-state index is -0.332. The molecular formula is C13H17IN2O3. The maximum absolute atomic E-state index is 11.1. The topological polar surface area (TPSA) is 64.4 Å². The number of nitrogens with one attached hydrogen (secondary N) is 1. The fraction of sp³-hybridized carbons (Fsp3) is 0.538. The quantitative estimate of drug-likeness (QED) is 0.497. The largest absolute Gasteiger partial charge is 0.381 e. The van der Waals surface area contributed by atoms with E-state index in [4.69, 9.17) is 4.74 Å². The van der Waals surface area contributed by atoms with Crippen molar-refractivity contribution in [3.8, 4) is 0 Å². The van der Waals surface area contributed by atoms with Crippen LogP contribution in [0.2, 0.25) is 0 Å². The molecule has 0 radical (unpaired) electrons. The zero-order chi connectivity index (χ0) is 13.8. The van der Waals surface area contributed by atoms with Crippen LogP contribution in [0.4, 0.5) is 11.4 Å². The Morgan fingerprint density at radius 2 is 2.16 bits per heavy atom. The van der Waals surface area contributed by atoms with Crippen molar-refractivity contribution in [1.82, 2.24) is 0 Å². The van der Waals surface area contributed by atoms with E-state index >= 15 is 0 Å². The number of hydrogen-bond donors (Lipinski definition) is 1. The van der Waals surface area contributed by atoms with Gasteiger partial charge in [-0.1, -0.05) is 0 Å². The first-order valence-electron chi connectivity index (χ1n) is 6.36. The van der Waals surface area contributed by atoms with Gasteiger partial charge < -0.3 is 10.1 Å². The predicted octanol–water partition coefficient (Wildman–Crippen LogP) is 3.43. The second-order valence-corrected chi connectivity index (χ2v) is 6.05. The lowest BCUT2D eigenvalue weighted by Crippen LogP contribution is -2.31. The predicted molar refractivity (Wildman–Crippen MR) is 82.4 cm³/mol. The average Bonchev–Trinajstić information content (AvgIpc) is 2.41. The molecule has 1 heterocycles. The van der Waals surface area contributed by atoms with E-state index < -0.39 is 0 Å². The number of anilines is 1. The highest BCUT2D eigenvalue weighted by atomic mass is 127. The maximum Gasteiger partial charge on any atom is 0.293 e. The minimum absolute atomic E-state index is 0.144. The van der Waals surface area contributed by atoms with Crippen molar-refractivity contribution in [3.63, 3.8) is 0 Å². The van der Waals surface area contributed by atoms with Crippen molar-refractivity contribution in [2.75, 3.05) is 18.5 Å². The van der Waals surface area contributed by atoms with Gasteiger partial charge in [0.1, 0.15) is 5.69 Å². The molecule has 2 rings (SSSR count). The molecule has 1 aliphatic heterocycles. The molecule has 0 bridgehead atoms. The molecule has 0 aliphatic carbocycles. The van der Waals surface area contributed by atoms with Gasteiger partial charge in [-0.3, -0.25) is 10.1 Å². The molecule has 19 heavy (non-hydrogen) atoms. The Kier molecular flexibility index (Phi) is 4.98. The van der Waals surface area contributed by atoms with Crippen LogP contribution >= 0.6 is 22.6 Å². The summed E-state index contributed by atoms with van der Waals surface area (Å²) in [4.78, 5) is 10.7. The summed E-state index contributed by atoms with van der Waals surface area (Å²) in [6, 6.07) is 5.48. The van der Waals surface area contributed by atoms with Gasteiger partial charge in [-0.15, -0.1) is 0 Å². The third-order valence-electron chi connectivity index (χ3n) is 3.51. The van der Waals surface area contributed by atoms with Gasteiger partial charge in [0, 0.05) is 28.9 Å². The fourth-order valence-corrected chi connectivity index (χ4v) is 2.83. The Morgan fingerprint density at radius 3 is 2.79 bits per heavy atom. The lowest BCUT2D eigenvalue weighted by molar-refractivity contribution is -0.384. The zero-order valence-corrected chi connectivity index (χ0v) is 12.9. The number of nitro benzene ring substituents is 1. The molecule has 1 fully saturated rings. The Morgan fingerprint density at radius 1 is 1.47 bits per heavy atom. The number of benzene rings is 1. The number of ether oxygens (including phenoxy) is 1. The van der Waals surface area contributed by atoms with Gasteiger partial charge in [0.25, 0.3) is 5.69 Å². The highest BCUT2D eigenvalue weighted by molar-refractivity contribution is 14.1. The van der Waals surface area contributed by atoms with E-state index in [2.05, 4.69) is 34.8 Å². The molecule has 1 aromatic carbocycles. The van der Waals surface area contributed by atoms with Gasteiger partial charge >= 0.3 is 0 Å². The van der Waals surface area contributed by atoms with E-state index in [1.165, 1.54) is 0 Å². The Hall–Kier alpha value is -0.890. The van der Waals surface area contributed by atoms with Crippen molar-refractivity contribution in [2.24, 2.45) is 5.92 Å². The molecule has 1 unspecified atom stereocenters.